The van der Waals surface area contributed by atoms with Gasteiger partial charge in [-0.05, 0) is 39.3 Å². The summed E-state index contributed by atoms with van der Waals surface area (Å²) >= 11 is 0. The first-order chi connectivity index (χ1) is 6.65. The van der Waals surface area contributed by atoms with Crippen molar-refractivity contribution in [3.63, 3.8) is 0 Å². The van der Waals surface area contributed by atoms with E-state index in [-0.39, 0.29) is 0 Å². The molecule has 0 aliphatic carbocycles. The highest BCUT2D eigenvalue weighted by Crippen LogP contribution is 2.08. The number of rotatable bonds is 0. The smallest absolute Gasteiger partial charge is 0.0274 e. The molecule has 0 heterocycles. The summed E-state index contributed by atoms with van der Waals surface area (Å²) in [5, 5.41) is 0. The van der Waals surface area contributed by atoms with E-state index in [0.29, 0.717) is 0 Å². The average Bonchev–Trinajstić information content (AvgIpc) is 2.11. The molecule has 0 aliphatic heterocycles. The standard InChI is InChI=1S/C11H12.C3H4/c1-4-5-11-7-6-9(2)8-10(11)3;1-3-2/h6-8H,1-3H3;1H,2H3. The van der Waals surface area contributed by atoms with E-state index in [0.717, 1.165) is 5.56 Å². The fraction of sp³-hybridized carbons (Fsp3) is 0.286. The largest absolute Gasteiger partial charge is 0.120 e. The summed E-state index contributed by atoms with van der Waals surface area (Å²) in [5.41, 5.74) is 3.70. The van der Waals surface area contributed by atoms with Gasteiger partial charge in [0.15, 0.2) is 0 Å². The normalized spacial score (nSPS) is 7.36. The second-order valence-corrected chi connectivity index (χ2v) is 2.98. The summed E-state index contributed by atoms with van der Waals surface area (Å²) in [5.74, 6) is 8.20. The van der Waals surface area contributed by atoms with Gasteiger partial charge < -0.3 is 0 Å². The van der Waals surface area contributed by atoms with E-state index in [2.05, 4.69) is 56.2 Å². The molecule has 1 aromatic rings. The van der Waals surface area contributed by atoms with Gasteiger partial charge in [0, 0.05) is 5.56 Å². The van der Waals surface area contributed by atoms with Crippen molar-refractivity contribution in [2.75, 3.05) is 0 Å². The molecule has 72 valence electrons. The molecule has 0 amide bonds. The second kappa shape index (κ2) is 6.81. The lowest BCUT2D eigenvalue weighted by Crippen LogP contribution is -1.82. The van der Waals surface area contributed by atoms with Gasteiger partial charge in [0.2, 0.25) is 0 Å². The lowest BCUT2D eigenvalue weighted by molar-refractivity contribution is 1.36. The van der Waals surface area contributed by atoms with E-state index in [4.69, 9.17) is 0 Å². The fourth-order valence-electron chi connectivity index (χ4n) is 1.09. The van der Waals surface area contributed by atoms with Crippen molar-refractivity contribution in [1.82, 2.24) is 0 Å². The predicted octanol–water partition coefficient (Wildman–Crippen LogP) is 3.31. The maximum atomic E-state index is 4.60. The zero-order valence-corrected chi connectivity index (χ0v) is 9.31. The minimum absolute atomic E-state index is 1.14. The number of aryl methyl sites for hydroxylation is 2. The number of hydrogen-bond donors (Lipinski definition) is 0. The number of terminal acetylenes is 1. The van der Waals surface area contributed by atoms with Crippen LogP contribution in [-0.4, -0.2) is 0 Å². The van der Waals surface area contributed by atoms with Crippen molar-refractivity contribution in [2.24, 2.45) is 0 Å². The van der Waals surface area contributed by atoms with Gasteiger partial charge in [0.05, 0.1) is 0 Å². The lowest BCUT2D eigenvalue weighted by Gasteiger charge is -1.98. The van der Waals surface area contributed by atoms with Crippen LogP contribution in [0.1, 0.15) is 30.5 Å². The second-order valence-electron chi connectivity index (χ2n) is 2.98. The molecule has 0 nitrogen and oxygen atoms in total. The Kier molecular flexibility index (Phi) is 6.01. The zero-order valence-electron chi connectivity index (χ0n) is 9.31. The monoisotopic (exact) mass is 184 g/mol. The van der Waals surface area contributed by atoms with Crippen LogP contribution in [-0.2, 0) is 0 Å². The van der Waals surface area contributed by atoms with Crippen molar-refractivity contribution >= 4 is 0 Å². The van der Waals surface area contributed by atoms with Crippen LogP contribution >= 0.6 is 0 Å². The molecule has 0 atom stereocenters. The van der Waals surface area contributed by atoms with Crippen molar-refractivity contribution in [3.05, 3.63) is 34.9 Å². The zero-order chi connectivity index (χ0) is 11.0. The summed E-state index contributed by atoms with van der Waals surface area (Å²) in [7, 11) is 0. The quantitative estimate of drug-likeness (QED) is 0.543. The Bertz CT molecular complexity index is 381. The van der Waals surface area contributed by atoms with Crippen LogP contribution in [0.2, 0.25) is 0 Å². The fourth-order valence-corrected chi connectivity index (χ4v) is 1.09. The van der Waals surface area contributed by atoms with Gasteiger partial charge in [-0.25, -0.2) is 0 Å². The van der Waals surface area contributed by atoms with Crippen LogP contribution in [0, 0.1) is 38.0 Å². The lowest BCUT2D eigenvalue weighted by atomic mass is 10.1. The van der Waals surface area contributed by atoms with Gasteiger partial charge in [-0.3, -0.25) is 0 Å². The van der Waals surface area contributed by atoms with E-state index >= 15 is 0 Å². The van der Waals surface area contributed by atoms with Crippen molar-refractivity contribution in [3.8, 4) is 24.2 Å². The van der Waals surface area contributed by atoms with Gasteiger partial charge in [-0.2, -0.15) is 0 Å². The molecule has 0 unspecified atom stereocenters. The molecule has 0 heteroatoms. The predicted molar refractivity (Wildman–Crippen MR) is 63.0 cm³/mol. The molecule has 1 aromatic carbocycles. The van der Waals surface area contributed by atoms with Crippen molar-refractivity contribution in [1.29, 1.82) is 0 Å². The Morgan fingerprint density at radius 1 is 1.14 bits per heavy atom. The van der Waals surface area contributed by atoms with E-state index < -0.39 is 0 Å². The Morgan fingerprint density at radius 2 is 1.71 bits per heavy atom. The summed E-state index contributed by atoms with van der Waals surface area (Å²) in [6.45, 7) is 7.70. The molecule has 0 N–H and O–H groups in total. The minimum atomic E-state index is 1.14. The van der Waals surface area contributed by atoms with E-state index in [1.165, 1.54) is 11.1 Å². The molecule has 0 aliphatic rings. The average molecular weight is 184 g/mol. The summed E-state index contributed by atoms with van der Waals surface area (Å²) in [6.07, 6.45) is 4.60. The SMILES string of the molecule is C#CC.CC#Cc1ccc(C)cc1C. The third-order valence-corrected chi connectivity index (χ3v) is 1.64. The Morgan fingerprint density at radius 3 is 2.14 bits per heavy atom. The Balaban J connectivity index is 0.000000500. The highest BCUT2D eigenvalue weighted by atomic mass is 14.0. The van der Waals surface area contributed by atoms with Gasteiger partial charge in [0.1, 0.15) is 0 Å². The van der Waals surface area contributed by atoms with Crippen LogP contribution in [0.3, 0.4) is 0 Å². The van der Waals surface area contributed by atoms with Crippen LogP contribution < -0.4 is 0 Å². The third kappa shape index (κ3) is 4.39. The summed E-state index contributed by atoms with van der Waals surface area (Å²) in [6, 6.07) is 6.31. The van der Waals surface area contributed by atoms with Crippen LogP contribution in [0.5, 0.6) is 0 Å². The molecule has 0 saturated heterocycles. The van der Waals surface area contributed by atoms with Gasteiger partial charge in [0.25, 0.3) is 0 Å². The van der Waals surface area contributed by atoms with E-state index in [1.54, 1.807) is 6.92 Å². The minimum Gasteiger partial charge on any atom is -0.120 e. The van der Waals surface area contributed by atoms with Gasteiger partial charge in [-0.1, -0.05) is 23.6 Å². The molecule has 0 bridgehead atoms. The van der Waals surface area contributed by atoms with Gasteiger partial charge in [-0.15, -0.1) is 18.3 Å². The Hall–Kier alpha value is -1.66. The maximum absolute atomic E-state index is 4.60. The first kappa shape index (κ1) is 12.3. The van der Waals surface area contributed by atoms with E-state index in [1.807, 2.05) is 6.92 Å². The molecule has 1 rings (SSSR count). The molecule has 0 fully saturated rings. The van der Waals surface area contributed by atoms with Crippen LogP contribution in [0.25, 0.3) is 0 Å². The van der Waals surface area contributed by atoms with Crippen LogP contribution in [0.4, 0.5) is 0 Å². The van der Waals surface area contributed by atoms with Crippen molar-refractivity contribution < 1.29 is 0 Å². The number of hydrogen-bond acceptors (Lipinski definition) is 0. The molecular weight excluding hydrogens is 168 g/mol. The van der Waals surface area contributed by atoms with Gasteiger partial charge >= 0.3 is 0 Å². The first-order valence-corrected chi connectivity index (χ1v) is 4.53. The molecule has 0 saturated carbocycles. The molecule has 14 heavy (non-hydrogen) atoms. The highest BCUT2D eigenvalue weighted by Gasteiger charge is 1.92. The Labute approximate surface area is 87.4 Å². The van der Waals surface area contributed by atoms with Crippen molar-refractivity contribution in [2.45, 2.75) is 27.7 Å². The topological polar surface area (TPSA) is 0 Å². The molecule has 0 spiro atoms. The molecular formula is C14H16. The first-order valence-electron chi connectivity index (χ1n) is 4.53. The summed E-state index contributed by atoms with van der Waals surface area (Å²) in [4.78, 5) is 0. The van der Waals surface area contributed by atoms with Crippen LogP contribution in [0.15, 0.2) is 18.2 Å². The number of benzene rings is 1. The molecule has 0 aromatic heterocycles. The highest BCUT2D eigenvalue weighted by molar-refractivity contribution is 5.42. The van der Waals surface area contributed by atoms with E-state index in [9.17, 15) is 0 Å². The summed E-state index contributed by atoms with van der Waals surface area (Å²) < 4.78 is 0. The molecule has 0 radical (unpaired) electrons. The third-order valence-electron chi connectivity index (χ3n) is 1.64. The maximum Gasteiger partial charge on any atom is 0.0274 e.